The molecule has 0 saturated heterocycles. The topological polar surface area (TPSA) is 29.3 Å². The van der Waals surface area contributed by atoms with Gasteiger partial charge < -0.3 is 9.32 Å². The molecule has 0 aliphatic heterocycles. The molecule has 2 heterocycles. The van der Waals surface area contributed by atoms with Crippen LogP contribution in [0.25, 0.3) is 77.0 Å². The lowest BCUT2D eigenvalue weighted by atomic mass is 9.93. The van der Waals surface area contributed by atoms with Gasteiger partial charge in [-0.25, -0.2) is 0 Å². The summed E-state index contributed by atoms with van der Waals surface area (Å²) in [5, 5.41) is 6.09. The van der Waals surface area contributed by atoms with Crippen LogP contribution < -0.4 is 4.90 Å². The standard InChI is InChI=1S/C49H32N2O/c1-2-10-33(11-3-1)34-18-24-39(25-19-34)51(40-26-20-35(21-27-40)38-31-48-49(50-32-38)45-16-8-9-17-47(45)52-48)41-28-22-36(23-29-41)46-30-37-12-4-5-13-42(37)43-14-6-7-15-44(43)46/h1-32H. The lowest BCUT2D eigenvalue weighted by Gasteiger charge is -2.26. The molecule has 0 aliphatic rings. The summed E-state index contributed by atoms with van der Waals surface area (Å²) < 4.78 is 6.15. The fourth-order valence-corrected chi connectivity index (χ4v) is 7.52. The number of para-hydroxylation sites is 1. The van der Waals surface area contributed by atoms with E-state index in [2.05, 4.69) is 175 Å². The summed E-state index contributed by atoms with van der Waals surface area (Å²) in [6.45, 7) is 0. The molecule has 0 amide bonds. The Morgan fingerprint density at radius 3 is 1.58 bits per heavy atom. The third-order valence-electron chi connectivity index (χ3n) is 10.1. The van der Waals surface area contributed by atoms with E-state index < -0.39 is 0 Å². The smallest absolute Gasteiger partial charge is 0.154 e. The number of fused-ring (bicyclic) bond motifs is 6. The number of hydrogen-bond donors (Lipinski definition) is 0. The van der Waals surface area contributed by atoms with Crippen LogP contribution in [-0.2, 0) is 0 Å². The van der Waals surface area contributed by atoms with Gasteiger partial charge >= 0.3 is 0 Å². The highest BCUT2D eigenvalue weighted by molar-refractivity contribution is 6.13. The quantitative estimate of drug-likeness (QED) is 0.166. The number of nitrogens with zero attached hydrogens (tertiary/aromatic N) is 2. The number of aromatic nitrogens is 1. The van der Waals surface area contributed by atoms with Crippen LogP contribution in [-0.4, -0.2) is 4.98 Å². The molecule has 3 nitrogen and oxygen atoms in total. The number of rotatable bonds is 6. The number of pyridine rings is 1. The molecule has 0 aliphatic carbocycles. The van der Waals surface area contributed by atoms with Gasteiger partial charge in [0.1, 0.15) is 11.1 Å². The zero-order chi connectivity index (χ0) is 34.4. The van der Waals surface area contributed by atoms with E-state index in [1.54, 1.807) is 0 Å². The third-order valence-corrected chi connectivity index (χ3v) is 10.1. The molecule has 0 fully saturated rings. The number of hydrogen-bond acceptors (Lipinski definition) is 3. The molecule has 0 radical (unpaired) electrons. The van der Waals surface area contributed by atoms with Gasteiger partial charge in [-0.15, -0.1) is 0 Å². The Bertz CT molecular complexity index is 2870. The average molecular weight is 665 g/mol. The molecule has 52 heavy (non-hydrogen) atoms. The molecular weight excluding hydrogens is 633 g/mol. The predicted molar refractivity (Wildman–Crippen MR) is 218 cm³/mol. The van der Waals surface area contributed by atoms with Gasteiger partial charge in [0.05, 0.1) is 0 Å². The fraction of sp³-hybridized carbons (Fsp3) is 0. The van der Waals surface area contributed by atoms with Crippen LogP contribution in [0.15, 0.2) is 199 Å². The molecule has 0 saturated carbocycles. The van der Waals surface area contributed by atoms with E-state index in [-0.39, 0.29) is 0 Å². The Kier molecular flexibility index (Phi) is 7.14. The first-order valence-corrected chi connectivity index (χ1v) is 17.6. The van der Waals surface area contributed by atoms with Crippen molar-refractivity contribution in [2.75, 3.05) is 4.90 Å². The van der Waals surface area contributed by atoms with Crippen molar-refractivity contribution in [3.63, 3.8) is 0 Å². The molecule has 8 aromatic carbocycles. The summed E-state index contributed by atoms with van der Waals surface area (Å²) in [6, 6.07) is 66.9. The van der Waals surface area contributed by atoms with Crippen LogP contribution in [0.4, 0.5) is 17.1 Å². The minimum atomic E-state index is 0.794. The maximum Gasteiger partial charge on any atom is 0.154 e. The Labute approximate surface area is 301 Å². The van der Waals surface area contributed by atoms with Crippen molar-refractivity contribution in [2.24, 2.45) is 0 Å². The van der Waals surface area contributed by atoms with Crippen molar-refractivity contribution in [1.29, 1.82) is 0 Å². The SMILES string of the molecule is c1ccc(-c2ccc(N(c3ccc(-c4cnc5c(c4)oc4ccccc45)cc3)c3ccc(-c4cc5ccccc5c5ccccc45)cc3)cc2)cc1. The minimum absolute atomic E-state index is 0.794. The molecule has 0 bridgehead atoms. The minimum Gasteiger partial charge on any atom is -0.454 e. The van der Waals surface area contributed by atoms with Gasteiger partial charge in [0.15, 0.2) is 5.58 Å². The zero-order valence-corrected chi connectivity index (χ0v) is 28.3. The van der Waals surface area contributed by atoms with Crippen LogP contribution in [0.3, 0.4) is 0 Å². The van der Waals surface area contributed by atoms with Gasteiger partial charge in [-0.1, -0.05) is 127 Å². The van der Waals surface area contributed by atoms with Crippen molar-refractivity contribution >= 4 is 60.7 Å². The molecule has 3 heteroatoms. The predicted octanol–water partition coefficient (Wildman–Crippen LogP) is 13.8. The molecule has 10 aromatic rings. The summed E-state index contributed by atoms with van der Waals surface area (Å²) in [5.74, 6) is 0. The summed E-state index contributed by atoms with van der Waals surface area (Å²) in [6.07, 6.45) is 1.94. The Morgan fingerprint density at radius 1 is 0.365 bits per heavy atom. The van der Waals surface area contributed by atoms with Gasteiger partial charge in [-0.05, 0) is 110 Å². The molecule has 2 aromatic heterocycles. The summed E-state index contributed by atoms with van der Waals surface area (Å²) in [7, 11) is 0. The van der Waals surface area contributed by atoms with Crippen LogP contribution >= 0.6 is 0 Å². The molecule has 0 unspecified atom stereocenters. The average Bonchev–Trinajstić information content (AvgIpc) is 3.60. The van der Waals surface area contributed by atoms with E-state index in [0.717, 1.165) is 50.3 Å². The van der Waals surface area contributed by atoms with Gasteiger partial charge in [0.2, 0.25) is 0 Å². The van der Waals surface area contributed by atoms with E-state index in [1.807, 2.05) is 24.4 Å². The summed E-state index contributed by atoms with van der Waals surface area (Å²) in [5.41, 5.74) is 12.7. The Morgan fingerprint density at radius 2 is 0.885 bits per heavy atom. The second kappa shape index (κ2) is 12.4. The van der Waals surface area contributed by atoms with Gasteiger partial charge in [0, 0.05) is 34.2 Å². The van der Waals surface area contributed by atoms with E-state index in [9.17, 15) is 0 Å². The highest BCUT2D eigenvalue weighted by atomic mass is 16.3. The number of furan rings is 1. The van der Waals surface area contributed by atoms with Gasteiger partial charge in [-0.2, -0.15) is 0 Å². The van der Waals surface area contributed by atoms with E-state index in [0.29, 0.717) is 0 Å². The number of anilines is 3. The molecule has 10 rings (SSSR count). The second-order valence-corrected chi connectivity index (χ2v) is 13.2. The maximum absolute atomic E-state index is 6.15. The lowest BCUT2D eigenvalue weighted by Crippen LogP contribution is -2.09. The Balaban J connectivity index is 1.05. The molecule has 0 N–H and O–H groups in total. The molecule has 0 spiro atoms. The van der Waals surface area contributed by atoms with Crippen LogP contribution in [0, 0.1) is 0 Å². The van der Waals surface area contributed by atoms with Gasteiger partial charge in [0.25, 0.3) is 0 Å². The summed E-state index contributed by atoms with van der Waals surface area (Å²) >= 11 is 0. The zero-order valence-electron chi connectivity index (χ0n) is 28.3. The van der Waals surface area contributed by atoms with Crippen molar-refractivity contribution in [3.05, 3.63) is 194 Å². The molecule has 244 valence electrons. The second-order valence-electron chi connectivity index (χ2n) is 13.2. The largest absolute Gasteiger partial charge is 0.454 e. The van der Waals surface area contributed by atoms with Crippen molar-refractivity contribution in [3.8, 4) is 33.4 Å². The van der Waals surface area contributed by atoms with E-state index in [1.165, 1.54) is 43.8 Å². The van der Waals surface area contributed by atoms with Crippen LogP contribution in [0.1, 0.15) is 0 Å². The lowest BCUT2D eigenvalue weighted by molar-refractivity contribution is 0.668. The monoisotopic (exact) mass is 664 g/mol. The first-order chi connectivity index (χ1) is 25.8. The normalized spacial score (nSPS) is 11.5. The fourth-order valence-electron chi connectivity index (χ4n) is 7.52. The van der Waals surface area contributed by atoms with Crippen molar-refractivity contribution in [2.45, 2.75) is 0 Å². The van der Waals surface area contributed by atoms with Crippen molar-refractivity contribution in [1.82, 2.24) is 4.98 Å². The van der Waals surface area contributed by atoms with Gasteiger partial charge in [-0.3, -0.25) is 4.98 Å². The maximum atomic E-state index is 6.15. The Hall–Kier alpha value is -6.97. The first-order valence-electron chi connectivity index (χ1n) is 17.6. The van der Waals surface area contributed by atoms with Crippen LogP contribution in [0.2, 0.25) is 0 Å². The van der Waals surface area contributed by atoms with E-state index in [4.69, 9.17) is 9.40 Å². The van der Waals surface area contributed by atoms with E-state index >= 15 is 0 Å². The van der Waals surface area contributed by atoms with Crippen molar-refractivity contribution < 1.29 is 4.42 Å². The highest BCUT2D eigenvalue weighted by Crippen LogP contribution is 2.40. The third kappa shape index (κ3) is 5.19. The van der Waals surface area contributed by atoms with Crippen LogP contribution in [0.5, 0.6) is 0 Å². The molecule has 0 atom stereocenters. The summed E-state index contributed by atoms with van der Waals surface area (Å²) in [4.78, 5) is 7.12. The number of benzene rings is 8. The first kappa shape index (κ1) is 29.9. The molecular formula is C49H32N2O. The highest BCUT2D eigenvalue weighted by Gasteiger charge is 2.16.